The second kappa shape index (κ2) is 9.95. The molecule has 38 heavy (non-hydrogen) atoms. The molecule has 0 radical (unpaired) electrons. The average Bonchev–Trinajstić information content (AvgIpc) is 3.20. The molecule has 12 nitrogen and oxygen atoms in total. The van der Waals surface area contributed by atoms with Gasteiger partial charge in [-0.05, 0) is 35.5 Å². The van der Waals surface area contributed by atoms with E-state index < -0.39 is 47.2 Å². The third-order valence-corrected chi connectivity index (χ3v) is 8.29. The quantitative estimate of drug-likeness (QED) is 0.355. The Kier molecular flexibility index (Phi) is 7.19. The molecule has 1 aromatic heterocycles. The highest BCUT2D eigenvalue weighted by Crippen LogP contribution is 2.65. The van der Waals surface area contributed by atoms with Gasteiger partial charge in [0.05, 0.1) is 6.20 Å². The van der Waals surface area contributed by atoms with E-state index in [1.807, 2.05) is 20.8 Å². The summed E-state index contributed by atoms with van der Waals surface area (Å²) in [5.41, 5.74) is 4.83. The van der Waals surface area contributed by atoms with Crippen LogP contribution in [0.1, 0.15) is 57.9 Å². The number of amides is 5. The summed E-state index contributed by atoms with van der Waals surface area (Å²) in [7, 11) is 0. The Bertz CT molecular complexity index is 1130. The minimum Gasteiger partial charge on any atom is -0.368 e. The number of nitrogens with one attached hydrogen (secondary N) is 3. The average molecular weight is 528 g/mol. The van der Waals surface area contributed by atoms with Gasteiger partial charge in [-0.15, -0.1) is 0 Å². The minimum atomic E-state index is -1.04. The molecule has 1 aliphatic carbocycles. The fourth-order valence-electron chi connectivity index (χ4n) is 5.91. The van der Waals surface area contributed by atoms with Crippen molar-refractivity contribution in [3.63, 3.8) is 0 Å². The normalized spacial score (nSPS) is 27.1. The van der Waals surface area contributed by atoms with Gasteiger partial charge in [-0.2, -0.15) is 0 Å². The highest BCUT2D eigenvalue weighted by Gasteiger charge is 2.69. The molecule has 3 aliphatic rings. The van der Waals surface area contributed by atoms with Crippen molar-refractivity contribution in [2.24, 2.45) is 34.3 Å². The lowest BCUT2D eigenvalue weighted by Crippen LogP contribution is -2.60. The maximum atomic E-state index is 13.9. The predicted molar refractivity (Wildman–Crippen MR) is 136 cm³/mol. The van der Waals surface area contributed by atoms with Gasteiger partial charge in [0.25, 0.3) is 5.91 Å². The zero-order valence-electron chi connectivity index (χ0n) is 22.5. The number of hydrogen-bond acceptors (Lipinski definition) is 7. The summed E-state index contributed by atoms with van der Waals surface area (Å²) in [6.45, 7) is 10.5. The first kappa shape index (κ1) is 27.5. The largest absolute Gasteiger partial charge is 0.368 e. The van der Waals surface area contributed by atoms with Crippen LogP contribution in [0.5, 0.6) is 0 Å². The van der Waals surface area contributed by atoms with Gasteiger partial charge in [0.1, 0.15) is 23.8 Å². The van der Waals surface area contributed by atoms with Gasteiger partial charge in [0, 0.05) is 31.4 Å². The van der Waals surface area contributed by atoms with Gasteiger partial charge in [0.2, 0.25) is 23.6 Å². The molecule has 5 N–H and O–H groups in total. The van der Waals surface area contributed by atoms with Crippen molar-refractivity contribution in [1.29, 1.82) is 0 Å². The fraction of sp³-hybridized carbons (Fsp3) is 0.654. The Balaban J connectivity index is 1.55. The van der Waals surface area contributed by atoms with Crippen LogP contribution in [0.15, 0.2) is 18.6 Å². The molecule has 4 rings (SSSR count). The standard InChI is InChI=1S/C26H37N7O5/c1-25(2,3)19(32-22(36)16-11-28-8-9-29-16)24(38)33-12-14-17(26(14,4)5)18(33)23(37)31-15(20(27)34)10-13-6-7-30-21(13)35/h8-9,11,13-15,17-19H,6-7,10,12H2,1-5H3,(H2,27,34)(H,30,35)(H,31,37)(H,32,36)/t13-,14?,15-,17?,18?,19+/m0/s1. The van der Waals surface area contributed by atoms with E-state index in [4.69, 9.17) is 5.73 Å². The maximum Gasteiger partial charge on any atom is 0.272 e. The molecule has 12 heteroatoms. The van der Waals surface area contributed by atoms with Crippen molar-refractivity contribution in [1.82, 2.24) is 30.8 Å². The van der Waals surface area contributed by atoms with Crippen LogP contribution in [-0.2, 0) is 19.2 Å². The third kappa shape index (κ3) is 5.21. The van der Waals surface area contributed by atoms with Crippen molar-refractivity contribution in [3.05, 3.63) is 24.3 Å². The van der Waals surface area contributed by atoms with E-state index in [1.54, 1.807) is 0 Å². The number of piperidine rings is 1. The predicted octanol–water partition coefficient (Wildman–Crippen LogP) is -0.400. The maximum absolute atomic E-state index is 13.9. The van der Waals surface area contributed by atoms with Crippen LogP contribution in [0.2, 0.25) is 0 Å². The zero-order chi connectivity index (χ0) is 28.0. The minimum absolute atomic E-state index is 0.0782. The molecular formula is C26H37N7O5. The number of carbonyl (C=O) groups excluding carboxylic acids is 5. The van der Waals surface area contributed by atoms with Gasteiger partial charge in [-0.3, -0.25) is 29.0 Å². The molecular weight excluding hydrogens is 490 g/mol. The van der Waals surface area contributed by atoms with Crippen molar-refractivity contribution >= 4 is 29.5 Å². The molecule has 5 amide bonds. The van der Waals surface area contributed by atoms with E-state index in [-0.39, 0.29) is 41.2 Å². The first-order chi connectivity index (χ1) is 17.7. The van der Waals surface area contributed by atoms with E-state index in [1.165, 1.54) is 23.5 Å². The van der Waals surface area contributed by atoms with E-state index in [0.717, 1.165) is 0 Å². The van der Waals surface area contributed by atoms with Gasteiger partial charge < -0.3 is 26.6 Å². The number of nitrogens with zero attached hydrogens (tertiary/aromatic N) is 3. The first-order valence-electron chi connectivity index (χ1n) is 13.0. The highest BCUT2D eigenvalue weighted by atomic mass is 16.2. The second-order valence-electron chi connectivity index (χ2n) is 12.2. The van der Waals surface area contributed by atoms with E-state index in [0.29, 0.717) is 19.5 Å². The highest BCUT2D eigenvalue weighted by molar-refractivity contribution is 5.98. The summed E-state index contributed by atoms with van der Waals surface area (Å²) < 4.78 is 0. The molecule has 1 saturated carbocycles. The van der Waals surface area contributed by atoms with Crippen molar-refractivity contribution in [2.45, 2.75) is 65.6 Å². The molecule has 3 heterocycles. The van der Waals surface area contributed by atoms with E-state index in [9.17, 15) is 24.0 Å². The lowest BCUT2D eigenvalue weighted by atomic mass is 9.85. The molecule has 206 valence electrons. The number of fused-ring (bicyclic) bond motifs is 1. The lowest BCUT2D eigenvalue weighted by Gasteiger charge is -2.37. The number of aromatic nitrogens is 2. The summed E-state index contributed by atoms with van der Waals surface area (Å²) in [5, 5.41) is 8.25. The van der Waals surface area contributed by atoms with Crippen LogP contribution in [-0.4, -0.2) is 75.6 Å². The lowest BCUT2D eigenvalue weighted by molar-refractivity contribution is -0.144. The summed E-state index contributed by atoms with van der Waals surface area (Å²) >= 11 is 0. The van der Waals surface area contributed by atoms with Crippen LogP contribution < -0.4 is 21.7 Å². The Morgan fingerprint density at radius 3 is 2.47 bits per heavy atom. The van der Waals surface area contributed by atoms with Crippen LogP contribution in [0.3, 0.4) is 0 Å². The van der Waals surface area contributed by atoms with Gasteiger partial charge in [-0.25, -0.2) is 4.98 Å². The molecule has 0 spiro atoms. The molecule has 0 bridgehead atoms. The number of rotatable bonds is 8. The Hall–Kier alpha value is -3.57. The van der Waals surface area contributed by atoms with Crippen molar-refractivity contribution < 1.29 is 24.0 Å². The van der Waals surface area contributed by atoms with Gasteiger partial charge in [0.15, 0.2) is 0 Å². The topological polar surface area (TPSA) is 176 Å². The summed E-state index contributed by atoms with van der Waals surface area (Å²) in [4.78, 5) is 74.2. The summed E-state index contributed by atoms with van der Waals surface area (Å²) in [6, 6.07) is -2.81. The number of nitrogens with two attached hydrogens (primary N) is 1. The second-order valence-corrected chi connectivity index (χ2v) is 12.2. The first-order valence-corrected chi connectivity index (χ1v) is 13.0. The van der Waals surface area contributed by atoms with Crippen LogP contribution in [0.4, 0.5) is 0 Å². The van der Waals surface area contributed by atoms with Crippen LogP contribution in [0.25, 0.3) is 0 Å². The molecule has 6 atom stereocenters. The van der Waals surface area contributed by atoms with Crippen LogP contribution in [0, 0.1) is 28.6 Å². The van der Waals surface area contributed by atoms with Crippen molar-refractivity contribution in [3.8, 4) is 0 Å². The molecule has 2 aliphatic heterocycles. The molecule has 3 fully saturated rings. The van der Waals surface area contributed by atoms with Crippen molar-refractivity contribution in [2.75, 3.05) is 13.1 Å². The summed E-state index contributed by atoms with van der Waals surface area (Å²) in [6.07, 6.45) is 4.82. The van der Waals surface area contributed by atoms with Gasteiger partial charge >= 0.3 is 0 Å². The van der Waals surface area contributed by atoms with Gasteiger partial charge in [-0.1, -0.05) is 34.6 Å². The zero-order valence-corrected chi connectivity index (χ0v) is 22.5. The Morgan fingerprint density at radius 2 is 1.92 bits per heavy atom. The monoisotopic (exact) mass is 527 g/mol. The molecule has 1 aromatic rings. The fourth-order valence-corrected chi connectivity index (χ4v) is 5.91. The Labute approximate surface area is 221 Å². The number of likely N-dealkylation sites (tertiary alicyclic amines) is 1. The number of carbonyl (C=O) groups is 5. The molecule has 3 unspecified atom stereocenters. The van der Waals surface area contributed by atoms with Crippen LogP contribution >= 0.6 is 0 Å². The van der Waals surface area contributed by atoms with E-state index in [2.05, 4.69) is 39.8 Å². The molecule has 0 aromatic carbocycles. The smallest absolute Gasteiger partial charge is 0.272 e. The molecule has 2 saturated heterocycles. The summed E-state index contributed by atoms with van der Waals surface area (Å²) in [5.74, 6) is -2.73. The van der Waals surface area contributed by atoms with E-state index >= 15 is 0 Å². The number of primary amides is 1. The Morgan fingerprint density at radius 1 is 1.21 bits per heavy atom. The number of hydrogen-bond donors (Lipinski definition) is 4. The SMILES string of the molecule is CC1(C)C2CN(C(=O)[C@@H](NC(=O)c3cnccn3)C(C)(C)C)C(C(=O)N[C@@H](C[C@@H]3CCNC3=O)C(N)=O)C21. The third-order valence-electron chi connectivity index (χ3n) is 8.29.